The Bertz CT molecular complexity index is 2350. The average molecular weight is 1820 g/mol. The molecular weight excluding hydrogens is 1660 g/mol. The van der Waals surface area contributed by atoms with Gasteiger partial charge in [0.25, 0.3) is 0 Å². The molecule has 0 aromatic carbocycles. The van der Waals surface area contributed by atoms with Crippen LogP contribution in [0, 0.1) is 16.2 Å². The molecule has 0 aliphatic rings. The quantitative estimate of drug-likeness (QED) is 0.0166. The van der Waals surface area contributed by atoms with E-state index in [1.165, 1.54) is 130 Å². The number of esters is 3. The van der Waals surface area contributed by atoms with Crippen molar-refractivity contribution in [2.45, 2.75) is 233 Å². The van der Waals surface area contributed by atoms with Crippen LogP contribution in [0.2, 0.25) is 0 Å². The molecule has 5 amide bonds. The van der Waals surface area contributed by atoms with Gasteiger partial charge in [0.05, 0.1) is 6.20 Å². The fraction of sp³-hybridized carbons (Fsp3) is 0.868. The van der Waals surface area contributed by atoms with Crippen LogP contribution >= 0.6 is 99.3 Å². The number of amides is 5. The molecule has 1 aromatic heterocycles. The molecule has 0 atom stereocenters. The van der Waals surface area contributed by atoms with Crippen molar-refractivity contribution in [2.75, 3.05) is 179 Å². The van der Waals surface area contributed by atoms with Gasteiger partial charge in [-0.15, -0.1) is 104 Å². The fourth-order valence-electron chi connectivity index (χ4n) is 11.4. The maximum atomic E-state index is 14.6. The van der Waals surface area contributed by atoms with Gasteiger partial charge < -0.3 is 102 Å². The third-order valence-corrected chi connectivity index (χ3v) is 18.6. The van der Waals surface area contributed by atoms with E-state index in [1.807, 2.05) is 28.2 Å². The van der Waals surface area contributed by atoms with Gasteiger partial charge >= 0.3 is 42.3 Å². The number of aryl methyl sites for hydroxylation is 1. The van der Waals surface area contributed by atoms with Crippen LogP contribution in [0.25, 0.3) is 0 Å². The lowest BCUT2D eigenvalue weighted by atomic mass is 9.90. The third-order valence-electron chi connectivity index (χ3n) is 18.6. The van der Waals surface area contributed by atoms with Crippen LogP contribution < -0.4 is 49.5 Å². The largest absolute Gasteiger partial charge is 0.464 e. The number of aromatic nitrogens is 3. The molecule has 1 rings (SSSR count). The Balaban J connectivity index is -0.00000239. The molecule has 1 aromatic rings. The molecule has 13 N–H and O–H groups in total. The lowest BCUT2D eigenvalue weighted by molar-refractivity contribution is -0.179. The third kappa shape index (κ3) is 68.4. The van der Waals surface area contributed by atoms with Crippen molar-refractivity contribution in [1.29, 1.82) is 0 Å². The molecule has 0 aliphatic heterocycles. The van der Waals surface area contributed by atoms with Crippen molar-refractivity contribution in [3.8, 4) is 0 Å². The van der Waals surface area contributed by atoms with E-state index in [0.29, 0.717) is 104 Å². The zero-order chi connectivity index (χ0) is 79.1. The van der Waals surface area contributed by atoms with E-state index in [-0.39, 0.29) is 137 Å². The van der Waals surface area contributed by atoms with Crippen LogP contribution in [-0.2, 0) is 65.5 Å². The smallest absolute Gasteiger partial charge is 0.407 e. The molecule has 1 heterocycles. The minimum atomic E-state index is -2.02. The van der Waals surface area contributed by atoms with E-state index in [9.17, 15) is 38.4 Å². The van der Waals surface area contributed by atoms with Crippen molar-refractivity contribution < 1.29 is 71.5 Å². The lowest BCUT2D eigenvalue weighted by Crippen LogP contribution is -2.47. The maximum absolute atomic E-state index is 14.6. The second-order valence-corrected chi connectivity index (χ2v) is 29.8. The normalized spacial score (nSPS) is 11.0. The Labute approximate surface area is 739 Å². The standard InChI is InChI=1S/C76H148N16O15.8ClH/c1-9-10-11-12-13-14-15-16-17-18-19-20-21-22-23-24-25-26-27-28-38-66(93)81-43-37-56-92-57-65(86-87-92)58-101-67(94)74(2,59-102-68(95)75(3,61-104-70(97)82-44-33-52-88(5)48-29-39-77)62-105-71(98)83-45-34-53-89(6)49-30-40-78)60-103-69(96)76(4,63-106-72(99)84-46-35-54-90(7)50-31-41-79)64-107-73(100)85-47-36-55-91(8)51-32-42-80;;;;;;;;/h57H,9-56,58-64,77-80H2,1-8H3,(H,81,93)(H,82,97)(H,83,98)(H,84,99)(H,85,100);8*1H. The lowest BCUT2D eigenvalue weighted by Gasteiger charge is -2.32. The topological polar surface area (TPSA) is 409 Å². The summed E-state index contributed by atoms with van der Waals surface area (Å²) < 4.78 is 41.4. The van der Waals surface area contributed by atoms with Gasteiger partial charge in [0.15, 0.2) is 0 Å². The predicted molar refractivity (Wildman–Crippen MR) is 475 cm³/mol. The van der Waals surface area contributed by atoms with E-state index in [2.05, 4.69) is 63.4 Å². The first-order chi connectivity index (χ1) is 51.5. The van der Waals surface area contributed by atoms with Gasteiger partial charge in [-0.2, -0.15) is 0 Å². The molecule has 0 saturated carbocycles. The van der Waals surface area contributed by atoms with Crippen LogP contribution in [-0.4, -0.2) is 262 Å². The van der Waals surface area contributed by atoms with Crippen molar-refractivity contribution in [3.05, 3.63) is 11.9 Å². The number of ether oxygens (including phenoxy) is 7. The van der Waals surface area contributed by atoms with Crippen molar-refractivity contribution in [2.24, 2.45) is 39.2 Å². The van der Waals surface area contributed by atoms with Gasteiger partial charge in [0.1, 0.15) is 68.2 Å². The fourth-order valence-corrected chi connectivity index (χ4v) is 11.4. The minimum Gasteiger partial charge on any atom is -0.464 e. The van der Waals surface area contributed by atoms with Gasteiger partial charge in [-0.1, -0.05) is 134 Å². The van der Waals surface area contributed by atoms with E-state index < -0.39 is 105 Å². The summed E-state index contributed by atoms with van der Waals surface area (Å²) in [7, 11) is 7.77. The molecular formula is C76H156Cl8N16O15. The molecule has 0 unspecified atom stereocenters. The number of hydrogen-bond acceptors (Lipinski definition) is 25. The van der Waals surface area contributed by atoms with E-state index in [1.54, 1.807) is 10.9 Å². The first-order valence-corrected chi connectivity index (χ1v) is 40.3. The summed E-state index contributed by atoms with van der Waals surface area (Å²) in [6, 6.07) is 0. The van der Waals surface area contributed by atoms with Crippen LogP contribution in [0.5, 0.6) is 0 Å². The van der Waals surface area contributed by atoms with Crippen molar-refractivity contribution >= 4 is 147 Å². The zero-order valence-corrected chi connectivity index (χ0v) is 77.3. The predicted octanol–water partition coefficient (Wildman–Crippen LogP) is 11.1. The molecule has 0 radical (unpaired) electrons. The molecule has 115 heavy (non-hydrogen) atoms. The van der Waals surface area contributed by atoms with Gasteiger partial charge in [-0.05, 0) is 192 Å². The molecule has 0 saturated heterocycles. The summed E-state index contributed by atoms with van der Waals surface area (Å²) in [5.74, 6) is -3.18. The number of unbranched alkanes of at least 4 members (excludes halogenated alkanes) is 19. The summed E-state index contributed by atoms with van der Waals surface area (Å²) >= 11 is 0. The number of nitrogens with two attached hydrogens (primary N) is 4. The molecule has 686 valence electrons. The van der Waals surface area contributed by atoms with Crippen LogP contribution in [0.1, 0.15) is 226 Å². The zero-order valence-electron chi connectivity index (χ0n) is 70.8. The number of alkyl carbamates (subject to hydrolysis) is 4. The second-order valence-electron chi connectivity index (χ2n) is 29.8. The SMILES string of the molecule is CCCCCCCCCCCCCCCCCCCCCCC(=O)NCCCn1cc(COC(=O)C(C)(COC(=O)C(C)(COC(=O)NCCCN(C)CCCN)COC(=O)NCCCN(C)CCCN)COC(=O)C(C)(COC(=O)NCCCN(C)CCCN)COC(=O)NCCCN(C)CCCN)nn1.Cl.Cl.Cl.Cl.Cl.Cl.Cl.Cl. The number of nitrogens with zero attached hydrogens (tertiary/aromatic N) is 7. The van der Waals surface area contributed by atoms with E-state index in [0.717, 1.165) is 71.1 Å². The molecule has 31 nitrogen and oxygen atoms in total. The van der Waals surface area contributed by atoms with Crippen LogP contribution in [0.4, 0.5) is 19.2 Å². The molecule has 0 fully saturated rings. The van der Waals surface area contributed by atoms with E-state index in [4.69, 9.17) is 56.1 Å². The summed E-state index contributed by atoms with van der Waals surface area (Å²) in [4.78, 5) is 117. The Morgan fingerprint density at radius 2 is 0.600 bits per heavy atom. The summed E-state index contributed by atoms with van der Waals surface area (Å²) in [6.45, 7) is 11.3. The number of rotatable bonds is 70. The van der Waals surface area contributed by atoms with Gasteiger partial charge in [-0.3, -0.25) is 23.9 Å². The van der Waals surface area contributed by atoms with Crippen molar-refractivity contribution in [3.63, 3.8) is 0 Å². The molecule has 0 bridgehead atoms. The highest BCUT2D eigenvalue weighted by Crippen LogP contribution is 2.29. The molecule has 0 aliphatic carbocycles. The van der Waals surface area contributed by atoms with Gasteiger partial charge in [0, 0.05) is 45.7 Å². The Kier molecular flexibility index (Phi) is 90.8. The molecule has 39 heteroatoms. The highest BCUT2D eigenvalue weighted by Gasteiger charge is 2.46. The number of hydrogen-bond donors (Lipinski definition) is 9. The number of carbonyl (C=O) groups excluding carboxylic acids is 8. The monoisotopic (exact) mass is 1810 g/mol. The number of carbonyl (C=O) groups is 8. The van der Waals surface area contributed by atoms with Crippen molar-refractivity contribution in [1.82, 2.24) is 61.2 Å². The summed E-state index contributed by atoms with van der Waals surface area (Å²) in [6.07, 6.45) is 30.6. The average Bonchev–Trinajstić information content (AvgIpc) is 1.30. The highest BCUT2D eigenvalue weighted by atomic mass is 35.5. The minimum absolute atomic E-state index is 0. The van der Waals surface area contributed by atoms with Gasteiger partial charge in [0.2, 0.25) is 5.91 Å². The first kappa shape index (κ1) is 127. The van der Waals surface area contributed by atoms with Crippen LogP contribution in [0.15, 0.2) is 6.20 Å². The Morgan fingerprint density at radius 3 is 0.887 bits per heavy atom. The Morgan fingerprint density at radius 1 is 0.348 bits per heavy atom. The second kappa shape index (κ2) is 82.4. The Hall–Kier alpha value is -3.90. The first-order valence-electron chi connectivity index (χ1n) is 40.3. The maximum Gasteiger partial charge on any atom is 0.407 e. The van der Waals surface area contributed by atoms with Crippen LogP contribution in [0.3, 0.4) is 0 Å². The summed E-state index contributed by atoms with van der Waals surface area (Å²) in [5.41, 5.74) is 17.1. The highest BCUT2D eigenvalue weighted by molar-refractivity contribution is 5.86. The van der Waals surface area contributed by atoms with Gasteiger partial charge in [-0.25, -0.2) is 19.2 Å². The number of nitrogens with one attached hydrogen (secondary N) is 5. The summed E-state index contributed by atoms with van der Waals surface area (Å²) in [5, 5.41) is 22.1. The molecule has 0 spiro atoms. The van der Waals surface area contributed by atoms with E-state index >= 15 is 0 Å². The number of halogens is 8.